The molecule has 0 saturated carbocycles. The van der Waals surface area contributed by atoms with Gasteiger partial charge in [0.1, 0.15) is 0 Å². The van der Waals surface area contributed by atoms with Crippen molar-refractivity contribution in [3.63, 3.8) is 0 Å². The van der Waals surface area contributed by atoms with Gasteiger partial charge in [-0.3, -0.25) is 18.7 Å². The second-order valence-corrected chi connectivity index (χ2v) is 7.63. The molecule has 164 valence electrons. The van der Waals surface area contributed by atoms with Gasteiger partial charge >= 0.3 is 0 Å². The molecule has 0 aromatic heterocycles. The number of amides is 2. The maximum Gasteiger partial charge on any atom is 0.294 e. The lowest BCUT2D eigenvalue weighted by Crippen LogP contribution is -2.04. The maximum atomic E-state index is 10.4. The van der Waals surface area contributed by atoms with Crippen molar-refractivity contribution in [2.45, 2.75) is 9.79 Å². The van der Waals surface area contributed by atoms with Crippen molar-refractivity contribution in [1.29, 1.82) is 0 Å². The van der Waals surface area contributed by atoms with Crippen LogP contribution in [0.3, 0.4) is 0 Å². The van der Waals surface area contributed by atoms with Crippen LogP contribution in [-0.2, 0) is 29.8 Å². The molecular weight excluding hydrogens is 436 g/mol. The molecule has 10 nitrogen and oxygen atoms in total. The zero-order chi connectivity index (χ0) is 23.8. The van der Waals surface area contributed by atoms with E-state index in [9.17, 15) is 26.4 Å². The maximum absolute atomic E-state index is 10.4. The molecule has 2 aromatic rings. The number of hydrogen-bond acceptors (Lipinski definition) is 6. The van der Waals surface area contributed by atoms with E-state index in [4.69, 9.17) is 9.11 Å². The van der Waals surface area contributed by atoms with E-state index < -0.39 is 32.1 Å². The number of hydrogen-bond donors (Lipinski definition) is 4. The fourth-order valence-corrected chi connectivity index (χ4v) is 2.19. The van der Waals surface area contributed by atoms with Crippen LogP contribution in [0.25, 0.3) is 0 Å². The Morgan fingerprint density at radius 3 is 0.967 bits per heavy atom. The van der Waals surface area contributed by atoms with Crippen molar-refractivity contribution in [2.75, 3.05) is 0 Å². The van der Waals surface area contributed by atoms with Gasteiger partial charge in [0.25, 0.3) is 20.2 Å². The summed E-state index contributed by atoms with van der Waals surface area (Å²) >= 11 is 0. The normalized spacial score (nSPS) is 9.67. The minimum absolute atomic E-state index is 0.0741. The van der Waals surface area contributed by atoms with Crippen LogP contribution < -0.4 is 11.5 Å². The van der Waals surface area contributed by atoms with E-state index in [0.29, 0.717) is 0 Å². The van der Waals surface area contributed by atoms with Gasteiger partial charge in [-0.15, -0.1) is 0 Å². The van der Waals surface area contributed by atoms with E-state index >= 15 is 0 Å². The van der Waals surface area contributed by atoms with Gasteiger partial charge in [0.05, 0.1) is 9.79 Å². The molecule has 0 saturated heterocycles. The zero-order valence-corrected chi connectivity index (χ0v) is 17.3. The monoisotopic (exact) mass is 458 g/mol. The van der Waals surface area contributed by atoms with Gasteiger partial charge in [-0.05, 0) is 36.4 Å². The Bertz CT molecular complexity index is 935. The van der Waals surface area contributed by atoms with Crippen LogP contribution in [0.5, 0.6) is 0 Å². The Kier molecular flexibility index (Phi) is 14.1. The smallest absolute Gasteiger partial charge is 0.294 e. The van der Waals surface area contributed by atoms with Crippen LogP contribution in [0.15, 0.2) is 95.8 Å². The standard InChI is InChI=1S/2C6H6O3S.2C3H5NO/c2*7-10(8,9)6-4-2-1-3-5-6;2*1-2-3(4)5/h2*1-5H,(H,7,8,9);2*2H,1H2,(H2,4,5). The number of rotatable bonds is 4. The van der Waals surface area contributed by atoms with Crippen molar-refractivity contribution in [3.8, 4) is 0 Å². The molecule has 2 amide bonds. The van der Waals surface area contributed by atoms with Crippen LogP contribution in [0, 0.1) is 0 Å². The molecule has 0 aliphatic carbocycles. The Morgan fingerprint density at radius 1 is 0.667 bits per heavy atom. The molecule has 0 bridgehead atoms. The first-order valence-electron chi connectivity index (χ1n) is 7.64. The summed E-state index contributed by atoms with van der Waals surface area (Å²) in [7, 11) is -8.01. The summed E-state index contributed by atoms with van der Waals surface area (Å²) in [4.78, 5) is 18.8. The molecule has 0 atom stereocenters. The van der Waals surface area contributed by atoms with Crippen LogP contribution in [0.2, 0.25) is 0 Å². The second-order valence-electron chi connectivity index (χ2n) is 4.79. The Labute approximate surface area is 175 Å². The summed E-state index contributed by atoms with van der Waals surface area (Å²) < 4.78 is 58.5. The van der Waals surface area contributed by atoms with Gasteiger partial charge < -0.3 is 11.5 Å². The topological polar surface area (TPSA) is 195 Å². The van der Waals surface area contributed by atoms with Crippen LogP contribution in [0.1, 0.15) is 0 Å². The minimum Gasteiger partial charge on any atom is -0.366 e. The first kappa shape index (κ1) is 28.9. The zero-order valence-electron chi connectivity index (χ0n) is 15.7. The molecular formula is C18H22N2O8S2. The molecule has 6 N–H and O–H groups in total. The third-order valence-corrected chi connectivity index (χ3v) is 4.22. The lowest BCUT2D eigenvalue weighted by molar-refractivity contribution is -0.114. The van der Waals surface area contributed by atoms with Crippen molar-refractivity contribution in [3.05, 3.63) is 86.0 Å². The number of carbonyl (C=O) groups excluding carboxylic acids is 2. The fourth-order valence-electron chi connectivity index (χ4n) is 1.18. The summed E-state index contributed by atoms with van der Waals surface area (Å²) in [5.74, 6) is -0.963. The summed E-state index contributed by atoms with van der Waals surface area (Å²) in [5, 5.41) is 0. The molecule has 30 heavy (non-hydrogen) atoms. The molecule has 0 fully saturated rings. The van der Waals surface area contributed by atoms with Crippen molar-refractivity contribution in [2.24, 2.45) is 11.5 Å². The quantitative estimate of drug-likeness (QED) is 0.387. The van der Waals surface area contributed by atoms with Crippen LogP contribution >= 0.6 is 0 Å². The van der Waals surface area contributed by atoms with E-state index in [0.717, 1.165) is 12.2 Å². The van der Waals surface area contributed by atoms with Crippen molar-refractivity contribution in [1.82, 2.24) is 0 Å². The van der Waals surface area contributed by atoms with Gasteiger partial charge in [-0.25, -0.2) is 0 Å². The highest BCUT2D eigenvalue weighted by molar-refractivity contribution is 7.86. The van der Waals surface area contributed by atoms with Crippen LogP contribution in [-0.4, -0.2) is 37.8 Å². The Balaban J connectivity index is 0. The lowest BCUT2D eigenvalue weighted by Gasteiger charge is -1.92. The SMILES string of the molecule is C=CC(N)=O.C=CC(N)=O.O=S(=O)(O)c1ccccc1.O=S(=O)(O)c1ccccc1. The third kappa shape index (κ3) is 16.8. The number of carbonyl (C=O) groups is 2. The lowest BCUT2D eigenvalue weighted by atomic mass is 10.4. The predicted molar refractivity (Wildman–Crippen MR) is 111 cm³/mol. The Hall–Kier alpha value is -3.32. The average molecular weight is 459 g/mol. The van der Waals surface area contributed by atoms with Gasteiger partial charge in [-0.2, -0.15) is 16.8 Å². The van der Waals surface area contributed by atoms with E-state index in [1.165, 1.54) is 24.3 Å². The molecule has 12 heteroatoms. The molecule has 0 radical (unpaired) electrons. The van der Waals surface area contributed by atoms with E-state index in [1.54, 1.807) is 36.4 Å². The molecule has 0 aliphatic heterocycles. The highest BCUT2D eigenvalue weighted by Gasteiger charge is 2.06. The highest BCUT2D eigenvalue weighted by atomic mass is 32.2. The molecule has 0 unspecified atom stereocenters. The highest BCUT2D eigenvalue weighted by Crippen LogP contribution is 2.05. The molecule has 0 heterocycles. The van der Waals surface area contributed by atoms with Crippen molar-refractivity contribution < 1.29 is 35.5 Å². The number of benzene rings is 2. The molecule has 2 rings (SSSR count). The van der Waals surface area contributed by atoms with Crippen molar-refractivity contribution >= 4 is 32.1 Å². The minimum atomic E-state index is -4.00. The van der Waals surface area contributed by atoms with Gasteiger partial charge in [0.15, 0.2) is 0 Å². The summed E-state index contributed by atoms with van der Waals surface area (Å²) in [5.41, 5.74) is 9.07. The molecule has 0 aliphatic rings. The molecule has 0 spiro atoms. The van der Waals surface area contributed by atoms with Gasteiger partial charge in [-0.1, -0.05) is 49.6 Å². The predicted octanol–water partition coefficient (Wildman–Crippen LogP) is 1.18. The summed E-state index contributed by atoms with van der Waals surface area (Å²) in [6.45, 7) is 6.17. The van der Waals surface area contributed by atoms with Gasteiger partial charge in [0, 0.05) is 0 Å². The number of primary amides is 2. The second kappa shape index (κ2) is 14.6. The van der Waals surface area contributed by atoms with E-state index in [2.05, 4.69) is 24.6 Å². The number of nitrogens with two attached hydrogens (primary N) is 2. The Morgan fingerprint density at radius 2 is 0.867 bits per heavy atom. The largest absolute Gasteiger partial charge is 0.366 e. The fraction of sp³-hybridized carbons (Fsp3) is 0. The summed E-state index contributed by atoms with van der Waals surface area (Å²) in [6.07, 6.45) is 2.11. The first-order chi connectivity index (χ1) is 13.8. The summed E-state index contributed by atoms with van der Waals surface area (Å²) in [6, 6.07) is 14.8. The van der Waals surface area contributed by atoms with Crippen LogP contribution in [0.4, 0.5) is 0 Å². The van der Waals surface area contributed by atoms with E-state index in [1.807, 2.05) is 0 Å². The third-order valence-electron chi connectivity index (χ3n) is 2.48. The average Bonchev–Trinajstić information content (AvgIpc) is 2.69. The molecule has 2 aromatic carbocycles. The van der Waals surface area contributed by atoms with Gasteiger partial charge in [0.2, 0.25) is 11.8 Å². The van der Waals surface area contributed by atoms with E-state index in [-0.39, 0.29) is 9.79 Å². The first-order valence-corrected chi connectivity index (χ1v) is 10.5.